The van der Waals surface area contributed by atoms with Crippen molar-refractivity contribution < 1.29 is 9.53 Å². The van der Waals surface area contributed by atoms with Gasteiger partial charge in [0.15, 0.2) is 4.90 Å². The predicted molar refractivity (Wildman–Crippen MR) is 102 cm³/mol. The van der Waals surface area contributed by atoms with Crippen molar-refractivity contribution in [2.75, 3.05) is 11.5 Å². The molecule has 0 aliphatic carbocycles. The topological polar surface area (TPSA) is 26.3 Å². The van der Waals surface area contributed by atoms with E-state index in [1.165, 1.54) is 41.0 Å². The molecule has 0 aromatic heterocycles. The van der Waals surface area contributed by atoms with Gasteiger partial charge in [-0.2, -0.15) is 0 Å². The van der Waals surface area contributed by atoms with Gasteiger partial charge in [-0.05, 0) is 51.3 Å². The molecule has 1 heterocycles. The smallest absolute Gasteiger partial charge is 0.327 e. The molecular weight excluding hydrogens is 372 g/mol. The zero-order valence-electron chi connectivity index (χ0n) is 13.6. The van der Waals surface area contributed by atoms with Gasteiger partial charge in [0.2, 0.25) is 0 Å². The van der Waals surface area contributed by atoms with Gasteiger partial charge in [-0.15, -0.1) is 0 Å². The summed E-state index contributed by atoms with van der Waals surface area (Å²) in [6, 6.07) is 12.4. The summed E-state index contributed by atoms with van der Waals surface area (Å²) in [7, 11) is 0.330. The number of benzene rings is 2. The molecule has 2 nitrogen and oxygen atoms in total. The summed E-state index contributed by atoms with van der Waals surface area (Å²) in [4.78, 5) is 13.6. The van der Waals surface area contributed by atoms with Crippen LogP contribution in [0.1, 0.15) is 33.1 Å². The molecule has 0 N–H and O–H groups in total. The highest BCUT2D eigenvalue weighted by Gasteiger charge is 2.29. The fourth-order valence-electron chi connectivity index (χ4n) is 2.87. The number of rotatable bonds is 3. The molecule has 0 unspecified atom stereocenters. The van der Waals surface area contributed by atoms with E-state index in [1.54, 1.807) is 13.8 Å². The molecule has 0 bridgehead atoms. The zero-order chi connectivity index (χ0) is 16.4. The third-order valence-corrected chi connectivity index (χ3v) is 6.99. The van der Waals surface area contributed by atoms with E-state index in [1.807, 2.05) is 12.1 Å². The van der Waals surface area contributed by atoms with Gasteiger partial charge >= 0.3 is 5.97 Å². The van der Waals surface area contributed by atoms with E-state index in [0.29, 0.717) is 16.6 Å². The molecule has 122 valence electrons. The number of fused-ring (bicyclic) bond motifs is 1. The first-order chi connectivity index (χ1) is 11.0. The van der Waals surface area contributed by atoms with Crippen molar-refractivity contribution in [3.63, 3.8) is 0 Å². The van der Waals surface area contributed by atoms with Crippen LogP contribution in [0.4, 0.5) is 0 Å². The molecule has 0 atom stereocenters. The minimum Gasteiger partial charge on any atom is -0.425 e. The molecular formula is C19H22BrO2S+. The molecule has 1 saturated heterocycles. The molecule has 3 rings (SSSR count). The Labute approximate surface area is 149 Å². The van der Waals surface area contributed by atoms with Crippen molar-refractivity contribution in [1.82, 2.24) is 0 Å². The maximum absolute atomic E-state index is 12.2. The SMILES string of the molecule is CC(C)(Br)C(=O)Oc1cccc2c([S+]3CCCCC3)cccc12. The molecule has 0 saturated carbocycles. The van der Waals surface area contributed by atoms with E-state index >= 15 is 0 Å². The summed E-state index contributed by atoms with van der Waals surface area (Å²) in [6.07, 6.45) is 4.01. The van der Waals surface area contributed by atoms with Gasteiger partial charge in [0.05, 0.1) is 0 Å². The quantitative estimate of drug-likeness (QED) is 0.314. The summed E-state index contributed by atoms with van der Waals surface area (Å²) in [5.41, 5.74) is 0. The lowest BCUT2D eigenvalue weighted by Crippen LogP contribution is -2.29. The fraction of sp³-hybridized carbons (Fsp3) is 0.421. The number of carbonyl (C=O) groups is 1. The second-order valence-electron chi connectivity index (χ2n) is 6.43. The molecule has 0 spiro atoms. The third-order valence-electron chi connectivity index (χ3n) is 4.12. The lowest BCUT2D eigenvalue weighted by Gasteiger charge is -2.17. The van der Waals surface area contributed by atoms with E-state index in [9.17, 15) is 4.79 Å². The third kappa shape index (κ3) is 3.74. The predicted octanol–water partition coefficient (Wildman–Crippen LogP) is 5.08. The molecule has 1 aliphatic rings. The normalized spacial score (nSPS) is 16.5. The van der Waals surface area contributed by atoms with Crippen LogP contribution in [0.15, 0.2) is 41.3 Å². The Bertz CT molecular complexity index is 715. The Hall–Kier alpha value is -1.00. The highest BCUT2D eigenvalue weighted by molar-refractivity contribution is 9.10. The second kappa shape index (κ2) is 6.86. The number of hydrogen-bond donors (Lipinski definition) is 0. The first-order valence-electron chi connectivity index (χ1n) is 8.07. The van der Waals surface area contributed by atoms with E-state index in [4.69, 9.17) is 4.74 Å². The van der Waals surface area contributed by atoms with E-state index in [0.717, 1.165) is 5.39 Å². The van der Waals surface area contributed by atoms with Crippen LogP contribution in [0.25, 0.3) is 10.8 Å². The minimum atomic E-state index is -0.683. The number of esters is 1. The van der Waals surface area contributed by atoms with Crippen LogP contribution in [-0.2, 0) is 15.7 Å². The largest absolute Gasteiger partial charge is 0.425 e. The first kappa shape index (κ1) is 16.8. The van der Waals surface area contributed by atoms with Crippen LogP contribution in [0.3, 0.4) is 0 Å². The average Bonchev–Trinajstić information content (AvgIpc) is 2.54. The molecule has 2 aromatic rings. The average molecular weight is 394 g/mol. The van der Waals surface area contributed by atoms with E-state index in [2.05, 4.69) is 40.2 Å². The van der Waals surface area contributed by atoms with Crippen molar-refractivity contribution >= 4 is 43.6 Å². The maximum Gasteiger partial charge on any atom is 0.327 e. The van der Waals surface area contributed by atoms with Crippen LogP contribution < -0.4 is 4.74 Å². The Morgan fingerprint density at radius 3 is 2.39 bits per heavy atom. The molecule has 23 heavy (non-hydrogen) atoms. The summed E-state index contributed by atoms with van der Waals surface area (Å²) in [6.45, 7) is 3.60. The molecule has 4 heteroatoms. The van der Waals surface area contributed by atoms with Crippen LogP contribution in [0.2, 0.25) is 0 Å². The van der Waals surface area contributed by atoms with Gasteiger partial charge in [0.1, 0.15) is 21.6 Å². The van der Waals surface area contributed by atoms with Crippen molar-refractivity contribution in [2.24, 2.45) is 0 Å². The van der Waals surface area contributed by atoms with Crippen molar-refractivity contribution in [3.05, 3.63) is 36.4 Å². The first-order valence-corrected chi connectivity index (χ1v) is 10.4. The second-order valence-corrected chi connectivity index (χ2v) is 10.7. The number of halogens is 1. The molecule has 1 aliphatic heterocycles. The Balaban J connectivity index is 2.00. The maximum atomic E-state index is 12.2. The molecule has 1 fully saturated rings. The molecule has 0 radical (unpaired) electrons. The highest BCUT2D eigenvalue weighted by atomic mass is 79.9. The fourth-order valence-corrected chi connectivity index (χ4v) is 5.46. The van der Waals surface area contributed by atoms with Gasteiger partial charge in [-0.3, -0.25) is 4.79 Å². The Morgan fingerprint density at radius 1 is 1.04 bits per heavy atom. The number of carbonyl (C=O) groups excluding carboxylic acids is 1. The minimum absolute atomic E-state index is 0.268. The van der Waals surface area contributed by atoms with Crippen LogP contribution in [0.5, 0.6) is 5.75 Å². The van der Waals surface area contributed by atoms with Crippen LogP contribution in [-0.4, -0.2) is 21.8 Å². The Morgan fingerprint density at radius 2 is 1.70 bits per heavy atom. The lowest BCUT2D eigenvalue weighted by atomic mass is 10.1. The molecule has 2 aromatic carbocycles. The summed E-state index contributed by atoms with van der Waals surface area (Å²) < 4.78 is 4.97. The van der Waals surface area contributed by atoms with Crippen molar-refractivity contribution in [2.45, 2.75) is 42.3 Å². The van der Waals surface area contributed by atoms with Gasteiger partial charge in [0, 0.05) is 21.7 Å². The van der Waals surface area contributed by atoms with Gasteiger partial charge < -0.3 is 4.74 Å². The van der Waals surface area contributed by atoms with Gasteiger partial charge in [-0.25, -0.2) is 0 Å². The standard InChI is InChI=1S/C19H22BrO2S/c1-19(2,20)18(21)22-16-10-6-9-15-14(16)8-7-11-17(15)23-12-4-3-5-13-23/h6-11H,3-5,12-13H2,1-2H3/q+1. The van der Waals surface area contributed by atoms with Crippen molar-refractivity contribution in [3.8, 4) is 5.75 Å². The van der Waals surface area contributed by atoms with Crippen LogP contribution in [0, 0.1) is 0 Å². The molecule has 0 amide bonds. The van der Waals surface area contributed by atoms with Crippen LogP contribution >= 0.6 is 15.9 Å². The summed E-state index contributed by atoms with van der Waals surface area (Å²) in [5.74, 6) is 2.97. The van der Waals surface area contributed by atoms with Gasteiger partial charge in [0.25, 0.3) is 0 Å². The summed E-state index contributed by atoms with van der Waals surface area (Å²) >= 11 is 3.37. The van der Waals surface area contributed by atoms with E-state index in [-0.39, 0.29) is 5.97 Å². The number of hydrogen-bond acceptors (Lipinski definition) is 2. The zero-order valence-corrected chi connectivity index (χ0v) is 16.0. The summed E-state index contributed by atoms with van der Waals surface area (Å²) in [5, 5.41) is 2.27. The number of ether oxygens (including phenoxy) is 1. The van der Waals surface area contributed by atoms with Gasteiger partial charge in [-0.1, -0.05) is 34.1 Å². The Kier molecular flexibility index (Phi) is 5.02. The lowest BCUT2D eigenvalue weighted by molar-refractivity contribution is -0.135. The van der Waals surface area contributed by atoms with Crippen molar-refractivity contribution in [1.29, 1.82) is 0 Å². The monoisotopic (exact) mass is 393 g/mol. The highest BCUT2D eigenvalue weighted by Crippen LogP contribution is 2.34. The number of alkyl halides is 1. The van der Waals surface area contributed by atoms with E-state index < -0.39 is 4.32 Å².